The van der Waals surface area contributed by atoms with Gasteiger partial charge in [-0.2, -0.15) is 0 Å². The molecule has 0 heterocycles. The minimum absolute atomic E-state index is 0.0506. The van der Waals surface area contributed by atoms with Crippen molar-refractivity contribution in [3.05, 3.63) is 64.1 Å². The molecule has 2 aromatic carbocycles. The predicted octanol–water partition coefficient (Wildman–Crippen LogP) is 3.71. The lowest BCUT2D eigenvalue weighted by Gasteiger charge is -2.12. The number of hydrogen-bond donors (Lipinski definition) is 3. The normalized spacial score (nSPS) is 10.2. The molecule has 5 nitrogen and oxygen atoms in total. The van der Waals surface area contributed by atoms with Crippen LogP contribution in [0.3, 0.4) is 0 Å². The van der Waals surface area contributed by atoms with Crippen molar-refractivity contribution in [2.45, 2.75) is 19.9 Å². The van der Waals surface area contributed by atoms with Gasteiger partial charge in [-0.3, -0.25) is 14.9 Å². The molecule has 2 aromatic rings. The third kappa shape index (κ3) is 5.95. The molecule has 0 atom stereocenters. The molecule has 0 aliphatic carbocycles. The molecule has 2 rings (SSSR count). The SMILES string of the molecule is CC(C)NC(=O)c1cccc(NC(=S)NC(=O)c2cccc(Br)c2)c1. The third-order valence-corrected chi connectivity index (χ3v) is 3.81. The molecule has 3 N–H and O–H groups in total. The van der Waals surface area contributed by atoms with E-state index in [1.165, 1.54) is 0 Å². The number of carbonyl (C=O) groups excluding carboxylic acids is 2. The van der Waals surface area contributed by atoms with Gasteiger partial charge in [0.15, 0.2) is 5.11 Å². The maximum Gasteiger partial charge on any atom is 0.257 e. The summed E-state index contributed by atoms with van der Waals surface area (Å²) in [5, 5.41) is 8.51. The van der Waals surface area contributed by atoms with Gasteiger partial charge in [0.05, 0.1) is 0 Å². The van der Waals surface area contributed by atoms with Crippen LogP contribution in [0, 0.1) is 0 Å². The van der Waals surface area contributed by atoms with E-state index < -0.39 is 0 Å². The fraction of sp³-hybridized carbons (Fsp3) is 0.167. The summed E-state index contributed by atoms with van der Waals surface area (Å²) in [7, 11) is 0. The van der Waals surface area contributed by atoms with Gasteiger partial charge in [-0.15, -0.1) is 0 Å². The van der Waals surface area contributed by atoms with Gasteiger partial charge in [-0.25, -0.2) is 0 Å². The number of benzene rings is 2. The molecule has 130 valence electrons. The number of anilines is 1. The van der Waals surface area contributed by atoms with E-state index >= 15 is 0 Å². The summed E-state index contributed by atoms with van der Waals surface area (Å²) in [6.07, 6.45) is 0. The van der Waals surface area contributed by atoms with Crippen LogP contribution >= 0.6 is 28.1 Å². The molecule has 0 aliphatic heterocycles. The first-order valence-electron chi connectivity index (χ1n) is 7.64. The van der Waals surface area contributed by atoms with Crippen LogP contribution in [0.2, 0.25) is 0 Å². The number of nitrogens with one attached hydrogen (secondary N) is 3. The first-order chi connectivity index (χ1) is 11.8. The third-order valence-electron chi connectivity index (χ3n) is 3.12. The number of halogens is 1. The van der Waals surface area contributed by atoms with Gasteiger partial charge in [0.1, 0.15) is 0 Å². The minimum atomic E-state index is -0.312. The van der Waals surface area contributed by atoms with Gasteiger partial charge >= 0.3 is 0 Å². The first kappa shape index (κ1) is 19.1. The van der Waals surface area contributed by atoms with E-state index in [1.807, 2.05) is 19.9 Å². The lowest BCUT2D eigenvalue weighted by atomic mass is 10.2. The van der Waals surface area contributed by atoms with E-state index in [4.69, 9.17) is 12.2 Å². The van der Waals surface area contributed by atoms with E-state index in [1.54, 1.807) is 42.5 Å². The molecule has 0 saturated heterocycles. The summed E-state index contributed by atoms with van der Waals surface area (Å²) < 4.78 is 0.808. The second kappa shape index (κ2) is 8.73. The Labute approximate surface area is 160 Å². The van der Waals surface area contributed by atoms with Crippen LogP contribution in [0.15, 0.2) is 53.0 Å². The molecule has 0 spiro atoms. The van der Waals surface area contributed by atoms with Crippen molar-refractivity contribution in [2.75, 3.05) is 5.32 Å². The van der Waals surface area contributed by atoms with Gasteiger partial charge in [-0.1, -0.05) is 28.1 Å². The zero-order chi connectivity index (χ0) is 18.4. The molecule has 0 fully saturated rings. The lowest BCUT2D eigenvalue weighted by Crippen LogP contribution is -2.34. The van der Waals surface area contributed by atoms with Crippen molar-refractivity contribution < 1.29 is 9.59 Å². The second-order valence-electron chi connectivity index (χ2n) is 5.63. The number of rotatable bonds is 4. The molecular formula is C18H18BrN3O2S. The zero-order valence-corrected chi connectivity index (χ0v) is 16.2. The van der Waals surface area contributed by atoms with Crippen molar-refractivity contribution in [1.82, 2.24) is 10.6 Å². The Morgan fingerprint density at radius 1 is 1.00 bits per heavy atom. The van der Waals surface area contributed by atoms with Crippen LogP contribution < -0.4 is 16.0 Å². The van der Waals surface area contributed by atoms with E-state index in [0.29, 0.717) is 16.8 Å². The fourth-order valence-electron chi connectivity index (χ4n) is 2.05. The molecule has 0 saturated carbocycles. The number of carbonyl (C=O) groups is 2. The smallest absolute Gasteiger partial charge is 0.257 e. The fourth-order valence-corrected chi connectivity index (χ4v) is 2.66. The summed E-state index contributed by atoms with van der Waals surface area (Å²) in [4.78, 5) is 24.2. The van der Waals surface area contributed by atoms with Crippen LogP contribution in [0.4, 0.5) is 5.69 Å². The van der Waals surface area contributed by atoms with Crippen LogP contribution in [0.5, 0.6) is 0 Å². The Bertz CT molecular complexity index is 808. The van der Waals surface area contributed by atoms with E-state index in [0.717, 1.165) is 4.47 Å². The minimum Gasteiger partial charge on any atom is -0.350 e. The monoisotopic (exact) mass is 419 g/mol. The molecular weight excluding hydrogens is 402 g/mol. The molecule has 2 amide bonds. The summed E-state index contributed by atoms with van der Waals surface area (Å²) in [5.41, 5.74) is 1.62. The molecule has 0 radical (unpaired) electrons. The highest BCUT2D eigenvalue weighted by atomic mass is 79.9. The molecule has 25 heavy (non-hydrogen) atoms. The van der Waals surface area contributed by atoms with E-state index in [2.05, 4.69) is 31.9 Å². The van der Waals surface area contributed by atoms with Crippen LogP contribution in [-0.2, 0) is 0 Å². The van der Waals surface area contributed by atoms with E-state index in [9.17, 15) is 9.59 Å². The second-order valence-corrected chi connectivity index (χ2v) is 6.95. The Morgan fingerprint density at radius 3 is 2.28 bits per heavy atom. The average Bonchev–Trinajstić information content (AvgIpc) is 2.54. The van der Waals surface area contributed by atoms with Gasteiger partial charge in [0, 0.05) is 27.3 Å². The number of amides is 2. The molecule has 0 aliphatic rings. The van der Waals surface area contributed by atoms with Crippen molar-refractivity contribution in [3.63, 3.8) is 0 Å². The van der Waals surface area contributed by atoms with Crippen molar-refractivity contribution >= 4 is 50.8 Å². The van der Waals surface area contributed by atoms with Gasteiger partial charge in [-0.05, 0) is 62.5 Å². The largest absolute Gasteiger partial charge is 0.350 e. The average molecular weight is 420 g/mol. The van der Waals surface area contributed by atoms with Crippen LogP contribution in [0.25, 0.3) is 0 Å². The zero-order valence-electron chi connectivity index (χ0n) is 13.8. The Morgan fingerprint density at radius 2 is 1.64 bits per heavy atom. The predicted molar refractivity (Wildman–Crippen MR) is 107 cm³/mol. The van der Waals surface area contributed by atoms with Crippen molar-refractivity contribution in [1.29, 1.82) is 0 Å². The van der Waals surface area contributed by atoms with Crippen molar-refractivity contribution in [3.8, 4) is 0 Å². The van der Waals surface area contributed by atoms with Gasteiger partial charge in [0.25, 0.3) is 11.8 Å². The highest BCUT2D eigenvalue weighted by molar-refractivity contribution is 9.10. The van der Waals surface area contributed by atoms with Crippen LogP contribution in [0.1, 0.15) is 34.6 Å². The summed E-state index contributed by atoms with van der Waals surface area (Å²) in [5.74, 6) is -0.477. The molecule has 7 heteroatoms. The highest BCUT2D eigenvalue weighted by Gasteiger charge is 2.10. The van der Waals surface area contributed by atoms with Gasteiger partial charge < -0.3 is 10.6 Å². The standard InChI is InChI=1S/C18H18BrN3O2S/c1-11(2)20-16(23)13-6-4-8-15(10-13)21-18(25)22-17(24)12-5-3-7-14(19)9-12/h3-11H,1-2H3,(H,20,23)(H2,21,22,24,25). The topological polar surface area (TPSA) is 70.2 Å². The maximum absolute atomic E-state index is 12.2. The molecule has 0 bridgehead atoms. The maximum atomic E-state index is 12.2. The summed E-state index contributed by atoms with van der Waals surface area (Å²) >= 11 is 8.49. The molecule has 0 aromatic heterocycles. The highest BCUT2D eigenvalue weighted by Crippen LogP contribution is 2.13. The van der Waals surface area contributed by atoms with Gasteiger partial charge in [0.2, 0.25) is 0 Å². The Balaban J connectivity index is 2.01. The Hall–Kier alpha value is -2.25. The summed E-state index contributed by atoms with van der Waals surface area (Å²) in [6.45, 7) is 3.79. The number of thiocarbonyl (C=S) groups is 1. The van der Waals surface area contributed by atoms with Crippen LogP contribution in [-0.4, -0.2) is 23.0 Å². The lowest BCUT2D eigenvalue weighted by molar-refractivity contribution is 0.0941. The number of hydrogen-bond acceptors (Lipinski definition) is 3. The van der Waals surface area contributed by atoms with E-state index in [-0.39, 0.29) is 23.0 Å². The van der Waals surface area contributed by atoms with Crippen molar-refractivity contribution in [2.24, 2.45) is 0 Å². The Kier molecular flexibility index (Phi) is 6.66. The molecule has 0 unspecified atom stereocenters. The summed E-state index contributed by atoms with van der Waals surface area (Å²) in [6, 6.07) is 14.0. The first-order valence-corrected chi connectivity index (χ1v) is 8.84. The quantitative estimate of drug-likeness (QED) is 0.660.